The van der Waals surface area contributed by atoms with E-state index in [1.165, 1.54) is 0 Å². The molecule has 176 valence electrons. The first-order chi connectivity index (χ1) is 15.4. The number of hydrogen-bond donors (Lipinski definition) is 3. The van der Waals surface area contributed by atoms with Crippen LogP contribution in [-0.2, 0) is 22.4 Å². The highest BCUT2D eigenvalue weighted by Gasteiger charge is 2.61. The van der Waals surface area contributed by atoms with Gasteiger partial charge >= 0.3 is 0 Å². The highest BCUT2D eigenvalue weighted by atomic mass is 127. The summed E-state index contributed by atoms with van der Waals surface area (Å²) in [7, 11) is 3.43. The van der Waals surface area contributed by atoms with Crippen molar-refractivity contribution in [3.63, 3.8) is 0 Å². The van der Waals surface area contributed by atoms with Gasteiger partial charge in [0, 0.05) is 20.6 Å². The highest BCUT2D eigenvalue weighted by molar-refractivity contribution is 14.1. The zero-order valence-corrected chi connectivity index (χ0v) is 21.6. The SMILES string of the molecule is CCc1cc(I)c(C)c2c1C[C@H]1C[C@H]3[C@H](N(C)C)C(O)=C(C(N)=O)C(=O)[C@@]3(O)C(C)=C1C2=O. The van der Waals surface area contributed by atoms with Crippen LogP contribution in [0.25, 0.3) is 0 Å². The highest BCUT2D eigenvalue weighted by Crippen LogP contribution is 2.52. The summed E-state index contributed by atoms with van der Waals surface area (Å²) in [4.78, 5) is 41.1. The third-order valence-electron chi connectivity index (χ3n) is 7.78. The van der Waals surface area contributed by atoms with Gasteiger partial charge in [-0.15, -0.1) is 0 Å². The lowest BCUT2D eigenvalue weighted by atomic mass is 9.56. The Morgan fingerprint density at radius 1 is 1.30 bits per heavy atom. The van der Waals surface area contributed by atoms with Crippen LogP contribution in [0.2, 0.25) is 0 Å². The molecule has 3 aliphatic rings. The first-order valence-corrected chi connectivity index (χ1v) is 12.2. The summed E-state index contributed by atoms with van der Waals surface area (Å²) in [5, 5.41) is 22.7. The van der Waals surface area contributed by atoms with Gasteiger partial charge < -0.3 is 15.9 Å². The Hall–Kier alpha value is -2.04. The number of aliphatic hydroxyl groups excluding tert-OH is 1. The summed E-state index contributed by atoms with van der Waals surface area (Å²) in [6.45, 7) is 5.60. The Morgan fingerprint density at radius 2 is 1.94 bits per heavy atom. The van der Waals surface area contributed by atoms with E-state index in [9.17, 15) is 24.6 Å². The number of fused-ring (bicyclic) bond motifs is 3. The molecule has 4 atom stereocenters. The van der Waals surface area contributed by atoms with Gasteiger partial charge in [-0.25, -0.2) is 0 Å². The molecule has 1 amide bonds. The van der Waals surface area contributed by atoms with Crippen molar-refractivity contribution in [2.24, 2.45) is 17.6 Å². The largest absolute Gasteiger partial charge is 0.510 e. The van der Waals surface area contributed by atoms with E-state index in [0.29, 0.717) is 24.0 Å². The molecule has 0 heterocycles. The van der Waals surface area contributed by atoms with Crippen molar-refractivity contribution in [3.8, 4) is 0 Å². The second-order valence-corrected chi connectivity index (χ2v) is 10.8. The minimum atomic E-state index is -2.09. The molecule has 0 saturated carbocycles. The smallest absolute Gasteiger partial charge is 0.255 e. The quantitative estimate of drug-likeness (QED) is 0.383. The number of halogens is 1. The number of primary amides is 1. The van der Waals surface area contributed by atoms with Crippen molar-refractivity contribution in [1.29, 1.82) is 0 Å². The lowest BCUT2D eigenvalue weighted by Crippen LogP contribution is -2.63. The molecule has 4 N–H and O–H groups in total. The molecule has 1 aromatic rings. The second kappa shape index (κ2) is 8.02. The number of nitrogens with two attached hydrogens (primary N) is 1. The van der Waals surface area contributed by atoms with Crippen molar-refractivity contribution in [3.05, 3.63) is 54.4 Å². The second-order valence-electron chi connectivity index (χ2n) is 9.59. The third kappa shape index (κ3) is 3.17. The van der Waals surface area contributed by atoms with Crippen LogP contribution in [0.15, 0.2) is 28.5 Å². The maximum atomic E-state index is 13.9. The van der Waals surface area contributed by atoms with Crippen molar-refractivity contribution in [2.75, 3.05) is 14.1 Å². The maximum Gasteiger partial charge on any atom is 0.255 e. The molecular weight excluding hydrogens is 535 g/mol. The van der Waals surface area contributed by atoms with Crippen molar-refractivity contribution in [2.45, 2.75) is 51.7 Å². The third-order valence-corrected chi connectivity index (χ3v) is 8.90. The zero-order chi connectivity index (χ0) is 24.6. The molecule has 8 heteroatoms. The number of benzene rings is 1. The number of hydrogen-bond acceptors (Lipinski definition) is 6. The molecule has 33 heavy (non-hydrogen) atoms. The number of ketones is 2. The number of likely N-dealkylation sites (N-methyl/N-ethyl adjacent to an activating group) is 1. The summed E-state index contributed by atoms with van der Waals surface area (Å²) < 4.78 is 1.01. The predicted octanol–water partition coefficient (Wildman–Crippen LogP) is 2.39. The summed E-state index contributed by atoms with van der Waals surface area (Å²) in [6.07, 6.45) is 1.75. The molecule has 1 aromatic carbocycles. The molecule has 4 rings (SSSR count). The van der Waals surface area contributed by atoms with Crippen molar-refractivity contribution < 1.29 is 24.6 Å². The summed E-state index contributed by atoms with van der Waals surface area (Å²) >= 11 is 2.24. The predicted molar refractivity (Wildman–Crippen MR) is 132 cm³/mol. The van der Waals surface area contributed by atoms with E-state index in [0.717, 1.165) is 26.7 Å². The number of carbonyl (C=O) groups is 3. The molecule has 7 nitrogen and oxygen atoms in total. The fraction of sp³-hybridized carbons (Fsp3) is 0.480. The molecule has 3 aliphatic carbocycles. The van der Waals surface area contributed by atoms with Crippen LogP contribution in [0, 0.1) is 22.3 Å². The lowest BCUT2D eigenvalue weighted by molar-refractivity contribution is -0.143. The standard InChI is InChI=1S/C25H29IN2O5/c1-6-12-9-16(26)10(2)17-14(12)7-13-8-15-20(28(4)5)22(30)19(24(27)32)23(31)25(15,33)11(3)18(13)21(17)29/h9,13,15,20,30,33H,6-8H2,1-5H3,(H2,27,32)/t13-,15-,20-,25+/m0/s1. The summed E-state index contributed by atoms with van der Waals surface area (Å²) in [6, 6.07) is 1.34. The van der Waals surface area contributed by atoms with E-state index in [-0.39, 0.29) is 17.3 Å². The van der Waals surface area contributed by atoms with Crippen LogP contribution in [0.1, 0.15) is 47.3 Å². The fourth-order valence-electron chi connectivity index (χ4n) is 6.20. The molecular formula is C25H29IN2O5. The average Bonchev–Trinajstić information content (AvgIpc) is 2.72. The Labute approximate surface area is 206 Å². The van der Waals surface area contributed by atoms with Crippen LogP contribution in [-0.4, -0.2) is 58.3 Å². The molecule has 0 aromatic heterocycles. The minimum Gasteiger partial charge on any atom is -0.510 e. The summed E-state index contributed by atoms with van der Waals surface area (Å²) in [5.74, 6) is -3.50. The topological polar surface area (TPSA) is 121 Å². The van der Waals surface area contributed by atoms with Crippen LogP contribution in [0.3, 0.4) is 0 Å². The number of Topliss-reactive ketones (excluding diaryl/α,β-unsaturated/α-hetero) is 2. The van der Waals surface area contributed by atoms with E-state index >= 15 is 0 Å². The normalized spacial score (nSPS) is 29.3. The number of aryl methyl sites for hydroxylation is 1. The number of amides is 1. The van der Waals surface area contributed by atoms with E-state index in [4.69, 9.17) is 5.73 Å². The fourth-order valence-corrected chi connectivity index (χ4v) is 6.85. The van der Waals surface area contributed by atoms with E-state index in [1.807, 2.05) is 6.92 Å². The van der Waals surface area contributed by atoms with Gasteiger partial charge in [0.1, 0.15) is 11.3 Å². The van der Waals surface area contributed by atoms with Gasteiger partial charge in [0.2, 0.25) is 5.78 Å². The molecule has 0 saturated heterocycles. The van der Waals surface area contributed by atoms with Crippen molar-refractivity contribution >= 4 is 40.1 Å². The van der Waals surface area contributed by atoms with Gasteiger partial charge in [0.15, 0.2) is 11.4 Å². The molecule has 0 unspecified atom stereocenters. The van der Waals surface area contributed by atoms with Gasteiger partial charge in [-0.05, 0) is 104 Å². The minimum absolute atomic E-state index is 0.162. The Bertz CT molecular complexity index is 1180. The maximum absolute atomic E-state index is 13.9. The number of nitrogens with zero attached hydrogens (tertiary/aromatic N) is 1. The van der Waals surface area contributed by atoms with Gasteiger partial charge in [-0.1, -0.05) is 6.92 Å². The molecule has 0 radical (unpaired) electrons. The van der Waals surface area contributed by atoms with Gasteiger partial charge in [0.05, 0.1) is 6.04 Å². The lowest BCUT2D eigenvalue weighted by Gasteiger charge is -2.51. The van der Waals surface area contributed by atoms with Crippen LogP contribution in [0.5, 0.6) is 0 Å². The Morgan fingerprint density at radius 3 is 2.48 bits per heavy atom. The van der Waals surface area contributed by atoms with Crippen LogP contribution >= 0.6 is 22.6 Å². The Balaban J connectivity index is 1.99. The van der Waals surface area contributed by atoms with E-state index < -0.39 is 40.6 Å². The number of rotatable bonds is 3. The van der Waals surface area contributed by atoms with Crippen molar-refractivity contribution in [1.82, 2.24) is 4.90 Å². The number of aliphatic hydroxyl groups is 2. The van der Waals surface area contributed by atoms with E-state index in [2.05, 4.69) is 35.6 Å². The van der Waals surface area contributed by atoms with Gasteiger partial charge in [-0.3, -0.25) is 19.3 Å². The van der Waals surface area contributed by atoms with Gasteiger partial charge in [-0.2, -0.15) is 0 Å². The van der Waals surface area contributed by atoms with Crippen LogP contribution < -0.4 is 5.73 Å². The average molecular weight is 564 g/mol. The molecule has 0 fully saturated rings. The Kier molecular flexibility index (Phi) is 5.86. The number of carbonyl (C=O) groups excluding carboxylic acids is 3. The first-order valence-electron chi connectivity index (χ1n) is 11.1. The zero-order valence-electron chi connectivity index (χ0n) is 19.5. The first kappa shape index (κ1) is 24.1. The van der Waals surface area contributed by atoms with E-state index in [1.54, 1.807) is 25.9 Å². The molecule has 0 bridgehead atoms. The van der Waals surface area contributed by atoms with Gasteiger partial charge in [0.25, 0.3) is 5.91 Å². The van der Waals surface area contributed by atoms with Crippen LogP contribution in [0.4, 0.5) is 0 Å². The monoisotopic (exact) mass is 564 g/mol. The number of allylic oxidation sites excluding steroid dienone is 1. The summed E-state index contributed by atoms with van der Waals surface area (Å²) in [5.41, 5.74) is 7.20. The molecule has 0 spiro atoms. The molecule has 0 aliphatic heterocycles.